The van der Waals surface area contributed by atoms with Gasteiger partial charge in [-0.05, 0) is 88.5 Å². The smallest absolute Gasteiger partial charge is 0.211 e. The van der Waals surface area contributed by atoms with Crippen LogP contribution in [0, 0.1) is 13.8 Å². The fourth-order valence-electron chi connectivity index (χ4n) is 4.40. The molecule has 180 valence electrons. The standard InChI is InChI=1S/C26H36N4O2.ClH/c1-17-22-14-15-26(3,4)32-24(22)18(2)21(23(17)31-5)9-7-6-8-19-10-12-20(13-11-19)16-29-30-25(27)28;/h10-13,16H,6-9,14-15H2,1-5H3,(H4,27,28,30);1H/b29-16+;. The Kier molecular flexibility index (Phi) is 9.17. The van der Waals surface area contributed by atoms with Crippen molar-refractivity contribution in [2.75, 3.05) is 7.11 Å². The van der Waals surface area contributed by atoms with Crippen molar-refractivity contribution < 1.29 is 9.47 Å². The highest BCUT2D eigenvalue weighted by Gasteiger charge is 2.31. The van der Waals surface area contributed by atoms with Crippen molar-refractivity contribution in [2.45, 2.75) is 71.8 Å². The summed E-state index contributed by atoms with van der Waals surface area (Å²) in [5.74, 6) is 2.07. The number of hydrogen-bond acceptors (Lipinski definition) is 4. The zero-order chi connectivity index (χ0) is 23.3. The second kappa shape index (κ2) is 11.4. The van der Waals surface area contributed by atoms with Crippen LogP contribution in [0.5, 0.6) is 11.5 Å². The molecule has 33 heavy (non-hydrogen) atoms. The van der Waals surface area contributed by atoms with Gasteiger partial charge in [-0.15, -0.1) is 17.5 Å². The molecular weight excluding hydrogens is 436 g/mol. The first-order valence-electron chi connectivity index (χ1n) is 11.3. The van der Waals surface area contributed by atoms with E-state index in [1.807, 2.05) is 12.1 Å². The molecular formula is C26H37ClN4O2. The highest BCUT2D eigenvalue weighted by molar-refractivity contribution is 5.85. The third-order valence-corrected chi connectivity index (χ3v) is 6.20. The maximum Gasteiger partial charge on any atom is 0.211 e. The Hall–Kier alpha value is -2.73. The molecule has 2 aromatic carbocycles. The van der Waals surface area contributed by atoms with Gasteiger partial charge in [-0.1, -0.05) is 24.3 Å². The zero-order valence-corrected chi connectivity index (χ0v) is 21.2. The molecule has 0 saturated carbocycles. The van der Waals surface area contributed by atoms with E-state index in [-0.39, 0.29) is 24.0 Å². The molecule has 4 N–H and O–H groups in total. The van der Waals surface area contributed by atoms with Gasteiger partial charge >= 0.3 is 0 Å². The number of rotatable bonds is 8. The Bertz CT molecular complexity index is 1010. The van der Waals surface area contributed by atoms with Crippen molar-refractivity contribution >= 4 is 24.6 Å². The molecule has 1 heterocycles. The Balaban J connectivity index is 0.00000385. The second-order valence-electron chi connectivity index (χ2n) is 9.15. The lowest BCUT2D eigenvalue weighted by molar-refractivity contribution is 0.0831. The number of fused-ring (bicyclic) bond motifs is 1. The van der Waals surface area contributed by atoms with Crippen molar-refractivity contribution in [3.63, 3.8) is 0 Å². The van der Waals surface area contributed by atoms with E-state index in [2.05, 4.69) is 50.0 Å². The largest absolute Gasteiger partial charge is 0.496 e. The topological polar surface area (TPSA) is 95.2 Å². The summed E-state index contributed by atoms with van der Waals surface area (Å²) in [7, 11) is 1.78. The Morgan fingerprint density at radius 3 is 2.39 bits per heavy atom. The molecule has 7 heteroatoms. The number of ether oxygens (including phenoxy) is 2. The zero-order valence-electron chi connectivity index (χ0n) is 20.4. The molecule has 0 atom stereocenters. The fraction of sp³-hybridized carbons (Fsp3) is 0.462. The van der Waals surface area contributed by atoms with Gasteiger partial charge in [-0.25, -0.2) is 0 Å². The summed E-state index contributed by atoms with van der Waals surface area (Å²) in [5.41, 5.74) is 17.8. The third kappa shape index (κ3) is 6.64. The summed E-state index contributed by atoms with van der Waals surface area (Å²) in [4.78, 5) is 0. The maximum absolute atomic E-state index is 6.41. The average Bonchev–Trinajstić information content (AvgIpc) is 2.74. The first-order valence-corrected chi connectivity index (χ1v) is 11.3. The van der Waals surface area contributed by atoms with Crippen molar-refractivity contribution in [1.82, 2.24) is 0 Å². The van der Waals surface area contributed by atoms with Crippen LogP contribution in [0.1, 0.15) is 66.5 Å². The van der Waals surface area contributed by atoms with E-state index in [0.29, 0.717) is 0 Å². The van der Waals surface area contributed by atoms with E-state index in [1.165, 1.54) is 27.8 Å². The molecule has 0 aliphatic carbocycles. The molecule has 0 aromatic heterocycles. The van der Waals surface area contributed by atoms with Gasteiger partial charge in [0.2, 0.25) is 5.96 Å². The predicted octanol–water partition coefficient (Wildman–Crippen LogP) is 5.01. The van der Waals surface area contributed by atoms with E-state index in [9.17, 15) is 0 Å². The summed E-state index contributed by atoms with van der Waals surface area (Å²) in [6.07, 6.45) is 7.91. The fourth-order valence-corrected chi connectivity index (χ4v) is 4.40. The van der Waals surface area contributed by atoms with Crippen LogP contribution in [0.2, 0.25) is 0 Å². The number of nitrogens with zero attached hydrogens (tertiary/aromatic N) is 2. The van der Waals surface area contributed by atoms with Gasteiger partial charge in [0.25, 0.3) is 0 Å². The van der Waals surface area contributed by atoms with E-state index >= 15 is 0 Å². The van der Waals surface area contributed by atoms with Crippen LogP contribution in [0.3, 0.4) is 0 Å². The molecule has 0 spiro atoms. The molecule has 0 bridgehead atoms. The second-order valence-corrected chi connectivity index (χ2v) is 9.15. The first kappa shape index (κ1) is 26.5. The minimum absolute atomic E-state index is 0. The van der Waals surface area contributed by atoms with Crippen molar-refractivity contribution in [1.29, 1.82) is 0 Å². The summed E-state index contributed by atoms with van der Waals surface area (Å²) in [6, 6.07) is 8.31. The summed E-state index contributed by atoms with van der Waals surface area (Å²) < 4.78 is 12.3. The molecule has 0 amide bonds. The van der Waals surface area contributed by atoms with Crippen LogP contribution in [0.15, 0.2) is 34.5 Å². The van der Waals surface area contributed by atoms with Gasteiger partial charge in [0, 0.05) is 11.1 Å². The van der Waals surface area contributed by atoms with Crippen LogP contribution in [-0.4, -0.2) is 24.9 Å². The van der Waals surface area contributed by atoms with Gasteiger partial charge in [0.05, 0.1) is 13.3 Å². The highest BCUT2D eigenvalue weighted by atomic mass is 35.5. The van der Waals surface area contributed by atoms with E-state index in [0.717, 1.165) is 55.6 Å². The van der Waals surface area contributed by atoms with E-state index in [4.69, 9.17) is 20.9 Å². The van der Waals surface area contributed by atoms with Gasteiger partial charge in [-0.2, -0.15) is 5.10 Å². The van der Waals surface area contributed by atoms with E-state index < -0.39 is 0 Å². The normalized spacial score (nSPS) is 14.2. The molecule has 1 aliphatic heterocycles. The van der Waals surface area contributed by atoms with Crippen molar-refractivity contribution in [3.05, 3.63) is 57.6 Å². The Labute approximate surface area is 203 Å². The number of hydrogen-bond donors (Lipinski definition) is 2. The first-order chi connectivity index (χ1) is 15.2. The number of methoxy groups -OCH3 is 1. The lowest BCUT2D eigenvalue weighted by Gasteiger charge is -2.36. The summed E-state index contributed by atoms with van der Waals surface area (Å²) in [6.45, 7) is 8.69. The number of unbranched alkanes of at least 4 members (excludes halogenated alkanes) is 1. The number of aryl methyl sites for hydroxylation is 1. The van der Waals surface area contributed by atoms with Crippen LogP contribution in [0.25, 0.3) is 0 Å². The molecule has 1 aliphatic rings. The maximum atomic E-state index is 6.41. The Morgan fingerprint density at radius 1 is 1.09 bits per heavy atom. The molecule has 0 unspecified atom stereocenters. The molecule has 0 radical (unpaired) electrons. The Morgan fingerprint density at radius 2 is 1.76 bits per heavy atom. The number of halogens is 1. The molecule has 2 aromatic rings. The minimum atomic E-state index is -0.115. The average molecular weight is 473 g/mol. The van der Waals surface area contributed by atoms with Crippen molar-refractivity contribution in [2.24, 2.45) is 21.7 Å². The molecule has 0 fully saturated rings. The highest BCUT2D eigenvalue weighted by Crippen LogP contribution is 2.44. The van der Waals surface area contributed by atoms with Gasteiger partial charge in [0.1, 0.15) is 17.1 Å². The molecule has 3 rings (SSSR count). The number of guanidine groups is 1. The van der Waals surface area contributed by atoms with Gasteiger partial charge in [-0.3, -0.25) is 0 Å². The predicted molar refractivity (Wildman–Crippen MR) is 139 cm³/mol. The van der Waals surface area contributed by atoms with Gasteiger partial charge in [0.15, 0.2) is 0 Å². The lowest BCUT2D eigenvalue weighted by atomic mass is 9.86. The third-order valence-electron chi connectivity index (χ3n) is 6.20. The van der Waals surface area contributed by atoms with Crippen LogP contribution >= 0.6 is 12.4 Å². The van der Waals surface area contributed by atoms with Crippen molar-refractivity contribution in [3.8, 4) is 11.5 Å². The van der Waals surface area contributed by atoms with Crippen LogP contribution < -0.4 is 20.9 Å². The molecule has 6 nitrogen and oxygen atoms in total. The van der Waals surface area contributed by atoms with Gasteiger partial charge < -0.3 is 20.9 Å². The summed E-state index contributed by atoms with van der Waals surface area (Å²) >= 11 is 0. The quantitative estimate of drug-likeness (QED) is 0.244. The number of benzene rings is 2. The lowest BCUT2D eigenvalue weighted by Crippen LogP contribution is -2.33. The summed E-state index contributed by atoms with van der Waals surface area (Å²) in [5, 5.41) is 7.46. The minimum Gasteiger partial charge on any atom is -0.496 e. The number of nitrogens with two attached hydrogens (primary N) is 2. The monoisotopic (exact) mass is 472 g/mol. The SMILES string of the molecule is COc1c(C)c2c(c(C)c1CCCCc1ccc(/C=N/N=C(N)N)cc1)OC(C)(C)CC2.Cl. The van der Waals surface area contributed by atoms with Crippen LogP contribution in [-0.2, 0) is 19.3 Å². The van der Waals surface area contributed by atoms with Crippen LogP contribution in [0.4, 0.5) is 0 Å². The molecule has 0 saturated heterocycles. The van der Waals surface area contributed by atoms with E-state index in [1.54, 1.807) is 13.3 Å².